The molecule has 0 bridgehead atoms. The molecular weight excluding hydrogens is 326 g/mol. The van der Waals surface area contributed by atoms with E-state index in [1.54, 1.807) is 36.4 Å². The number of benzene rings is 3. The molecule has 3 N–H and O–H groups in total. The van der Waals surface area contributed by atoms with Crippen molar-refractivity contribution in [1.82, 2.24) is 5.32 Å². The van der Waals surface area contributed by atoms with Crippen LogP contribution in [0.2, 0.25) is 0 Å². The van der Waals surface area contributed by atoms with Gasteiger partial charge in [0, 0.05) is 5.56 Å². The van der Waals surface area contributed by atoms with Crippen LogP contribution in [-0.2, 0) is 6.61 Å². The van der Waals surface area contributed by atoms with E-state index in [1.165, 1.54) is 0 Å². The number of aliphatic imine (C=N–C) groups is 1. The molecular formula is C21H19N3O2. The number of hydrogen-bond acceptors (Lipinski definition) is 3. The largest absolute Gasteiger partial charge is 0.489 e. The van der Waals surface area contributed by atoms with Crippen LogP contribution in [0.1, 0.15) is 15.9 Å². The van der Waals surface area contributed by atoms with E-state index in [1.807, 2.05) is 48.5 Å². The van der Waals surface area contributed by atoms with Gasteiger partial charge in [-0.3, -0.25) is 10.1 Å². The summed E-state index contributed by atoms with van der Waals surface area (Å²) in [4.78, 5) is 16.2. The van der Waals surface area contributed by atoms with Gasteiger partial charge in [-0.05, 0) is 42.0 Å². The molecule has 0 fully saturated rings. The second-order valence-electron chi connectivity index (χ2n) is 5.59. The summed E-state index contributed by atoms with van der Waals surface area (Å²) < 4.78 is 5.72. The predicted octanol–water partition coefficient (Wildman–Crippen LogP) is 3.64. The van der Waals surface area contributed by atoms with Crippen molar-refractivity contribution < 1.29 is 9.53 Å². The van der Waals surface area contributed by atoms with Crippen molar-refractivity contribution in [3.05, 3.63) is 96.1 Å². The van der Waals surface area contributed by atoms with Crippen molar-refractivity contribution in [3.63, 3.8) is 0 Å². The van der Waals surface area contributed by atoms with Gasteiger partial charge in [0.2, 0.25) is 5.96 Å². The Morgan fingerprint density at radius 3 is 2.15 bits per heavy atom. The Hall–Kier alpha value is -3.60. The molecule has 0 saturated heterocycles. The Balaban J connectivity index is 1.57. The summed E-state index contributed by atoms with van der Waals surface area (Å²) in [7, 11) is 0. The predicted molar refractivity (Wildman–Crippen MR) is 102 cm³/mol. The fourth-order valence-corrected chi connectivity index (χ4v) is 2.30. The molecule has 0 aliphatic rings. The summed E-state index contributed by atoms with van der Waals surface area (Å²) in [5, 5.41) is 2.56. The van der Waals surface area contributed by atoms with Crippen molar-refractivity contribution in [2.45, 2.75) is 6.61 Å². The second kappa shape index (κ2) is 8.48. The number of carbonyl (C=O) groups excluding carboxylic acids is 1. The van der Waals surface area contributed by atoms with Gasteiger partial charge >= 0.3 is 0 Å². The van der Waals surface area contributed by atoms with Crippen molar-refractivity contribution in [2.75, 3.05) is 0 Å². The lowest BCUT2D eigenvalue weighted by Gasteiger charge is -2.07. The van der Waals surface area contributed by atoms with Crippen molar-refractivity contribution in [2.24, 2.45) is 10.7 Å². The fraction of sp³-hybridized carbons (Fsp3) is 0.0476. The zero-order valence-electron chi connectivity index (χ0n) is 14.1. The van der Waals surface area contributed by atoms with Gasteiger partial charge in [-0.2, -0.15) is 0 Å². The lowest BCUT2D eigenvalue weighted by atomic mass is 10.2. The first-order valence-electron chi connectivity index (χ1n) is 8.18. The molecule has 0 spiro atoms. The molecule has 0 radical (unpaired) electrons. The fourth-order valence-electron chi connectivity index (χ4n) is 2.30. The number of hydrogen-bond donors (Lipinski definition) is 2. The van der Waals surface area contributed by atoms with Crippen LogP contribution in [0.4, 0.5) is 5.69 Å². The number of carbonyl (C=O) groups is 1. The first-order chi connectivity index (χ1) is 12.7. The first-order valence-corrected chi connectivity index (χ1v) is 8.18. The molecule has 130 valence electrons. The Morgan fingerprint density at radius 1 is 0.885 bits per heavy atom. The monoisotopic (exact) mass is 345 g/mol. The summed E-state index contributed by atoms with van der Waals surface area (Å²) in [6.07, 6.45) is 0. The van der Waals surface area contributed by atoms with E-state index >= 15 is 0 Å². The van der Waals surface area contributed by atoms with Gasteiger partial charge in [-0.25, -0.2) is 4.99 Å². The molecule has 5 heteroatoms. The highest BCUT2D eigenvalue weighted by Crippen LogP contribution is 2.19. The molecule has 3 aromatic rings. The molecule has 0 aliphatic carbocycles. The Morgan fingerprint density at radius 2 is 1.50 bits per heavy atom. The molecule has 1 amide bonds. The number of ether oxygens (including phenoxy) is 1. The van der Waals surface area contributed by atoms with Crippen LogP contribution in [0.3, 0.4) is 0 Å². The van der Waals surface area contributed by atoms with Gasteiger partial charge in [0.15, 0.2) is 0 Å². The van der Waals surface area contributed by atoms with Crippen LogP contribution < -0.4 is 15.8 Å². The molecule has 3 aromatic carbocycles. The quantitative estimate of drug-likeness (QED) is 0.547. The highest BCUT2D eigenvalue weighted by molar-refractivity contribution is 6.05. The van der Waals surface area contributed by atoms with Gasteiger partial charge in [-0.15, -0.1) is 0 Å². The molecule has 0 aromatic heterocycles. The number of nitrogens with two attached hydrogens (primary N) is 1. The van der Waals surface area contributed by atoms with Crippen LogP contribution in [0.5, 0.6) is 5.75 Å². The average molecular weight is 345 g/mol. The minimum absolute atomic E-state index is 0.0387. The van der Waals surface area contributed by atoms with Crippen molar-refractivity contribution in [3.8, 4) is 5.75 Å². The number of guanidine groups is 1. The Kier molecular flexibility index (Phi) is 5.62. The standard InChI is InChI=1S/C21H19N3O2/c22-21(24-20(25)17-9-5-2-6-10-17)23-18-11-13-19(14-12-18)26-15-16-7-3-1-4-8-16/h1-14H,15H2,(H3,22,23,24,25). The molecule has 0 aliphatic heterocycles. The maximum atomic E-state index is 12.0. The third kappa shape index (κ3) is 4.95. The van der Waals surface area contributed by atoms with E-state index in [4.69, 9.17) is 10.5 Å². The van der Waals surface area contributed by atoms with Gasteiger partial charge in [-0.1, -0.05) is 48.5 Å². The third-order valence-electron chi connectivity index (χ3n) is 3.61. The van der Waals surface area contributed by atoms with E-state index in [0.717, 1.165) is 11.3 Å². The second-order valence-corrected chi connectivity index (χ2v) is 5.59. The molecule has 0 saturated carbocycles. The molecule has 26 heavy (non-hydrogen) atoms. The Labute approximate surface area is 152 Å². The van der Waals surface area contributed by atoms with Gasteiger partial charge < -0.3 is 10.5 Å². The summed E-state index contributed by atoms with van der Waals surface area (Å²) >= 11 is 0. The number of nitrogens with zero attached hydrogens (tertiary/aromatic N) is 1. The molecule has 5 nitrogen and oxygen atoms in total. The van der Waals surface area contributed by atoms with Crippen LogP contribution in [0.15, 0.2) is 89.9 Å². The molecule has 3 rings (SSSR count). The number of rotatable bonds is 5. The highest BCUT2D eigenvalue weighted by atomic mass is 16.5. The zero-order valence-corrected chi connectivity index (χ0v) is 14.1. The van der Waals surface area contributed by atoms with Crippen LogP contribution in [0, 0.1) is 0 Å². The molecule has 0 unspecified atom stereocenters. The van der Waals surface area contributed by atoms with E-state index in [0.29, 0.717) is 17.9 Å². The average Bonchev–Trinajstić information content (AvgIpc) is 2.69. The highest BCUT2D eigenvalue weighted by Gasteiger charge is 2.05. The first kappa shape index (κ1) is 17.2. The van der Waals surface area contributed by atoms with Crippen molar-refractivity contribution >= 4 is 17.6 Å². The van der Waals surface area contributed by atoms with Gasteiger partial charge in [0.1, 0.15) is 12.4 Å². The van der Waals surface area contributed by atoms with E-state index < -0.39 is 0 Å². The lowest BCUT2D eigenvalue weighted by Crippen LogP contribution is -2.36. The Bertz CT molecular complexity index is 876. The lowest BCUT2D eigenvalue weighted by molar-refractivity contribution is 0.0976. The third-order valence-corrected chi connectivity index (χ3v) is 3.61. The maximum absolute atomic E-state index is 12.0. The number of amides is 1. The van der Waals surface area contributed by atoms with E-state index in [2.05, 4.69) is 10.3 Å². The maximum Gasteiger partial charge on any atom is 0.257 e. The van der Waals surface area contributed by atoms with Crippen LogP contribution in [-0.4, -0.2) is 11.9 Å². The summed E-state index contributed by atoms with van der Waals surface area (Å²) in [6.45, 7) is 0.499. The van der Waals surface area contributed by atoms with Crippen molar-refractivity contribution in [1.29, 1.82) is 0 Å². The van der Waals surface area contributed by atoms with E-state index in [9.17, 15) is 4.79 Å². The van der Waals surface area contributed by atoms with Gasteiger partial charge in [0.05, 0.1) is 5.69 Å². The minimum atomic E-state index is -0.297. The van der Waals surface area contributed by atoms with Gasteiger partial charge in [0.25, 0.3) is 5.91 Å². The summed E-state index contributed by atoms with van der Waals surface area (Å²) in [6, 6.07) is 26.0. The number of nitrogens with one attached hydrogen (secondary N) is 1. The van der Waals surface area contributed by atoms with Crippen LogP contribution in [0.25, 0.3) is 0 Å². The zero-order chi connectivity index (χ0) is 18.2. The topological polar surface area (TPSA) is 76.7 Å². The summed E-state index contributed by atoms with van der Waals surface area (Å²) in [5.74, 6) is 0.478. The minimum Gasteiger partial charge on any atom is -0.489 e. The van der Waals surface area contributed by atoms with E-state index in [-0.39, 0.29) is 11.9 Å². The normalized spacial score (nSPS) is 11.0. The molecule has 0 atom stereocenters. The summed E-state index contributed by atoms with van der Waals surface area (Å²) in [5.41, 5.74) is 8.05. The van der Waals surface area contributed by atoms with Crippen LogP contribution >= 0.6 is 0 Å². The molecule has 0 heterocycles. The SMILES string of the molecule is NC(=Nc1ccc(OCc2ccccc2)cc1)NC(=O)c1ccccc1. The smallest absolute Gasteiger partial charge is 0.257 e.